The Morgan fingerprint density at radius 2 is 1.65 bits per heavy atom. The van der Waals surface area contributed by atoms with Crippen LogP contribution in [0.15, 0.2) is 48.5 Å². The molecule has 2 saturated heterocycles. The van der Waals surface area contributed by atoms with Crippen LogP contribution >= 0.6 is 0 Å². The Hall–Kier alpha value is -3.36. The van der Waals surface area contributed by atoms with Gasteiger partial charge < -0.3 is 10.6 Å². The third kappa shape index (κ3) is 4.26. The van der Waals surface area contributed by atoms with Gasteiger partial charge in [-0.2, -0.15) is 0 Å². The second kappa shape index (κ2) is 9.48. The maximum atomic E-state index is 13.1. The lowest BCUT2D eigenvalue weighted by atomic mass is 9.87. The molecule has 0 spiro atoms. The third-order valence-electron chi connectivity index (χ3n) is 7.05. The maximum absolute atomic E-state index is 13.1. The van der Waals surface area contributed by atoms with Gasteiger partial charge in [0.1, 0.15) is 6.04 Å². The van der Waals surface area contributed by atoms with Gasteiger partial charge in [0.15, 0.2) is 0 Å². The predicted octanol–water partition coefficient (Wildman–Crippen LogP) is 1.71. The number of carbonyl (C=O) groups is 4. The Labute approximate surface area is 198 Å². The third-order valence-corrected chi connectivity index (χ3v) is 7.05. The Balaban J connectivity index is 1.31. The number of amides is 4. The van der Waals surface area contributed by atoms with Crippen molar-refractivity contribution in [3.05, 3.63) is 70.8 Å². The van der Waals surface area contributed by atoms with Crippen LogP contribution in [0.4, 0.5) is 0 Å². The molecule has 3 aliphatic rings. The van der Waals surface area contributed by atoms with Gasteiger partial charge in [0, 0.05) is 24.9 Å². The van der Waals surface area contributed by atoms with E-state index in [0.29, 0.717) is 23.6 Å². The molecule has 0 aliphatic carbocycles. The molecule has 176 valence electrons. The predicted molar refractivity (Wildman–Crippen MR) is 125 cm³/mol. The number of piperidine rings is 1. The molecule has 0 saturated carbocycles. The summed E-state index contributed by atoms with van der Waals surface area (Å²) in [5.41, 5.74) is 2.85. The average Bonchev–Trinajstić information content (AvgIpc) is 2.99. The van der Waals surface area contributed by atoms with Gasteiger partial charge in [0.25, 0.3) is 11.8 Å². The van der Waals surface area contributed by atoms with Crippen molar-refractivity contribution in [2.75, 3.05) is 13.1 Å². The Kier molecular flexibility index (Phi) is 6.26. The zero-order valence-electron chi connectivity index (χ0n) is 18.9. The van der Waals surface area contributed by atoms with E-state index in [0.717, 1.165) is 36.4 Å². The number of benzene rings is 2. The SMILES string of the molecule is O=C1CCC(N2C(=O)c3ccc(CN[C@@H]4CCNCC[C@@H]4c4ccccc4)cc3C2=O)C(=O)N1. The minimum atomic E-state index is -0.947. The lowest BCUT2D eigenvalue weighted by Crippen LogP contribution is -2.54. The van der Waals surface area contributed by atoms with E-state index >= 15 is 0 Å². The summed E-state index contributed by atoms with van der Waals surface area (Å²) in [4.78, 5) is 50.7. The highest BCUT2D eigenvalue weighted by atomic mass is 16.2. The molecule has 2 aromatic rings. The molecule has 8 nitrogen and oxygen atoms in total. The molecule has 3 N–H and O–H groups in total. The molecule has 0 radical (unpaired) electrons. The minimum absolute atomic E-state index is 0.109. The van der Waals surface area contributed by atoms with E-state index in [4.69, 9.17) is 0 Å². The standard InChI is InChI=1S/C26H28N4O4/c31-23-9-8-22(24(32)29-23)30-25(33)19-7-6-16(14-20(19)26(30)34)15-28-21-11-13-27-12-10-18(21)17-4-2-1-3-5-17/h1-7,14,18,21-22,27-28H,8-13,15H2,(H,29,31,32)/t18-,21-,22?/m1/s1. The molecule has 0 bridgehead atoms. The first kappa shape index (κ1) is 22.4. The van der Waals surface area contributed by atoms with Gasteiger partial charge in [-0.05, 0) is 55.6 Å². The van der Waals surface area contributed by atoms with Crippen molar-refractivity contribution < 1.29 is 19.2 Å². The summed E-state index contributed by atoms with van der Waals surface area (Å²) in [6.45, 7) is 2.49. The second-order valence-electron chi connectivity index (χ2n) is 9.16. The summed E-state index contributed by atoms with van der Waals surface area (Å²) in [7, 11) is 0. The summed E-state index contributed by atoms with van der Waals surface area (Å²) in [5, 5.41) is 9.39. The molecule has 5 rings (SSSR count). The Bertz CT molecular complexity index is 1130. The Morgan fingerprint density at radius 1 is 0.882 bits per heavy atom. The summed E-state index contributed by atoms with van der Waals surface area (Å²) >= 11 is 0. The molecule has 8 heteroatoms. The summed E-state index contributed by atoms with van der Waals surface area (Å²) in [6.07, 6.45) is 2.30. The number of hydrogen-bond donors (Lipinski definition) is 3. The van der Waals surface area contributed by atoms with Crippen LogP contribution in [0.3, 0.4) is 0 Å². The number of rotatable bonds is 5. The topological polar surface area (TPSA) is 108 Å². The van der Waals surface area contributed by atoms with Crippen LogP contribution in [0.5, 0.6) is 0 Å². The highest BCUT2D eigenvalue weighted by Gasteiger charge is 2.44. The number of fused-ring (bicyclic) bond motifs is 1. The van der Waals surface area contributed by atoms with Crippen molar-refractivity contribution in [3.8, 4) is 0 Å². The first-order chi connectivity index (χ1) is 16.5. The second-order valence-corrected chi connectivity index (χ2v) is 9.16. The van der Waals surface area contributed by atoms with E-state index in [1.165, 1.54) is 5.56 Å². The van der Waals surface area contributed by atoms with Crippen molar-refractivity contribution in [2.24, 2.45) is 0 Å². The smallest absolute Gasteiger partial charge is 0.262 e. The number of nitrogens with zero attached hydrogens (tertiary/aromatic N) is 1. The van der Waals surface area contributed by atoms with Crippen molar-refractivity contribution in [3.63, 3.8) is 0 Å². The monoisotopic (exact) mass is 460 g/mol. The van der Waals surface area contributed by atoms with E-state index < -0.39 is 23.8 Å². The summed E-state index contributed by atoms with van der Waals surface area (Å²) < 4.78 is 0. The molecule has 2 fully saturated rings. The highest BCUT2D eigenvalue weighted by molar-refractivity contribution is 6.23. The molecule has 3 atom stereocenters. The first-order valence-electron chi connectivity index (χ1n) is 11.9. The number of imide groups is 2. The largest absolute Gasteiger partial charge is 0.317 e. The fraction of sp³-hybridized carbons (Fsp3) is 0.385. The molecule has 1 unspecified atom stereocenters. The van der Waals surface area contributed by atoms with Gasteiger partial charge in [-0.3, -0.25) is 29.4 Å². The molecular formula is C26H28N4O4. The molecule has 2 aromatic carbocycles. The minimum Gasteiger partial charge on any atom is -0.317 e. The van der Waals surface area contributed by atoms with Crippen molar-refractivity contribution >= 4 is 23.6 Å². The van der Waals surface area contributed by atoms with E-state index in [-0.39, 0.29) is 24.8 Å². The Morgan fingerprint density at radius 3 is 2.44 bits per heavy atom. The molecular weight excluding hydrogens is 432 g/mol. The van der Waals surface area contributed by atoms with E-state index in [1.54, 1.807) is 12.1 Å². The lowest BCUT2D eigenvalue weighted by Gasteiger charge is -2.27. The molecule has 0 aromatic heterocycles. The quantitative estimate of drug-likeness (QED) is 0.587. The number of hydrogen-bond acceptors (Lipinski definition) is 6. The van der Waals surface area contributed by atoms with Crippen molar-refractivity contribution in [1.82, 2.24) is 20.9 Å². The van der Waals surface area contributed by atoms with Crippen LogP contribution < -0.4 is 16.0 Å². The van der Waals surface area contributed by atoms with Gasteiger partial charge >= 0.3 is 0 Å². The van der Waals surface area contributed by atoms with Gasteiger partial charge in [0.05, 0.1) is 11.1 Å². The average molecular weight is 461 g/mol. The summed E-state index contributed by atoms with van der Waals surface area (Å²) in [6, 6.07) is 15.1. The van der Waals surface area contributed by atoms with Crippen molar-refractivity contribution in [1.29, 1.82) is 0 Å². The molecule has 3 aliphatic heterocycles. The fourth-order valence-electron chi connectivity index (χ4n) is 5.26. The van der Waals surface area contributed by atoms with Gasteiger partial charge in [0.2, 0.25) is 11.8 Å². The number of carbonyl (C=O) groups excluding carboxylic acids is 4. The molecule has 4 amide bonds. The van der Waals surface area contributed by atoms with Crippen LogP contribution in [0.25, 0.3) is 0 Å². The first-order valence-corrected chi connectivity index (χ1v) is 11.9. The zero-order valence-corrected chi connectivity index (χ0v) is 18.9. The van der Waals surface area contributed by atoms with Gasteiger partial charge in [-0.25, -0.2) is 0 Å². The maximum Gasteiger partial charge on any atom is 0.262 e. The van der Waals surface area contributed by atoms with Crippen molar-refractivity contribution in [2.45, 2.75) is 50.2 Å². The van der Waals surface area contributed by atoms with Crippen LogP contribution in [-0.2, 0) is 16.1 Å². The van der Waals surface area contributed by atoms with E-state index in [2.05, 4.69) is 40.2 Å². The van der Waals surface area contributed by atoms with Crippen LogP contribution in [0.2, 0.25) is 0 Å². The molecule has 3 heterocycles. The zero-order chi connectivity index (χ0) is 23.7. The summed E-state index contributed by atoms with van der Waals surface area (Å²) in [5.74, 6) is -1.54. The molecule has 34 heavy (non-hydrogen) atoms. The van der Waals surface area contributed by atoms with Gasteiger partial charge in [-0.1, -0.05) is 36.4 Å². The van der Waals surface area contributed by atoms with Crippen LogP contribution in [-0.4, -0.2) is 53.7 Å². The highest BCUT2D eigenvalue weighted by Crippen LogP contribution is 2.30. The van der Waals surface area contributed by atoms with Crippen LogP contribution in [0, 0.1) is 0 Å². The van der Waals surface area contributed by atoms with E-state index in [9.17, 15) is 19.2 Å². The number of nitrogens with one attached hydrogen (secondary N) is 3. The van der Waals surface area contributed by atoms with E-state index in [1.807, 2.05) is 12.1 Å². The van der Waals surface area contributed by atoms with Gasteiger partial charge in [-0.15, -0.1) is 0 Å². The lowest BCUT2D eigenvalue weighted by molar-refractivity contribution is -0.136. The van der Waals surface area contributed by atoms with Crippen LogP contribution in [0.1, 0.15) is 63.4 Å². The fourth-order valence-corrected chi connectivity index (χ4v) is 5.26. The normalized spacial score (nSPS) is 25.2.